The van der Waals surface area contributed by atoms with Crippen LogP contribution in [0.2, 0.25) is 0 Å². The summed E-state index contributed by atoms with van der Waals surface area (Å²) in [7, 11) is 1.62. The Labute approximate surface area is 189 Å². The minimum absolute atomic E-state index is 0.0244. The van der Waals surface area contributed by atoms with Gasteiger partial charge in [-0.05, 0) is 64.7 Å². The summed E-state index contributed by atoms with van der Waals surface area (Å²) in [6, 6.07) is 13.6. The summed E-state index contributed by atoms with van der Waals surface area (Å²) in [5.41, 5.74) is 1.66. The maximum Gasteiger partial charge on any atom is 0.265 e. The SMILES string of the molecule is COc1ccc(C=C2Sc3ccccc3N(CC(=O)NC3CCCC3)C2=O)cc1Br. The fourth-order valence-corrected chi connectivity index (χ4v) is 5.45. The molecule has 2 amide bonds. The van der Waals surface area contributed by atoms with Crippen LogP contribution >= 0.6 is 27.7 Å². The normalized spacial score (nSPS) is 17.9. The molecule has 1 N–H and O–H groups in total. The second-order valence-corrected chi connectivity index (χ2v) is 9.35. The Morgan fingerprint density at radius 3 is 2.77 bits per heavy atom. The molecule has 1 saturated carbocycles. The number of amides is 2. The molecule has 0 spiro atoms. The van der Waals surface area contributed by atoms with Crippen LogP contribution in [-0.2, 0) is 9.59 Å². The third-order valence-electron chi connectivity index (χ3n) is 5.33. The number of hydrogen-bond acceptors (Lipinski definition) is 4. The summed E-state index contributed by atoms with van der Waals surface area (Å²) < 4.78 is 6.10. The fraction of sp³-hybridized carbons (Fsp3) is 0.304. The average molecular weight is 487 g/mol. The Bertz CT molecular complexity index is 1000. The van der Waals surface area contributed by atoms with Crippen molar-refractivity contribution < 1.29 is 14.3 Å². The molecule has 1 aliphatic heterocycles. The number of carbonyl (C=O) groups is 2. The molecule has 1 aliphatic carbocycles. The van der Waals surface area contributed by atoms with E-state index in [-0.39, 0.29) is 24.4 Å². The molecule has 4 rings (SSSR count). The maximum atomic E-state index is 13.3. The maximum absolute atomic E-state index is 13.3. The standard InChI is InChI=1S/C23H23BrN2O3S/c1-29-19-11-10-15(12-17(19)24)13-21-23(28)26(18-8-4-5-9-20(18)30-21)14-22(27)25-16-6-2-3-7-16/h4-5,8-13,16H,2-3,6-7,14H2,1H3,(H,25,27). The number of fused-ring (bicyclic) bond motifs is 1. The zero-order valence-electron chi connectivity index (χ0n) is 16.7. The summed E-state index contributed by atoms with van der Waals surface area (Å²) in [6.07, 6.45) is 6.19. The van der Waals surface area contributed by atoms with E-state index in [1.807, 2.05) is 48.5 Å². The first kappa shape index (κ1) is 21.0. The predicted molar refractivity (Wildman–Crippen MR) is 124 cm³/mol. The van der Waals surface area contributed by atoms with Gasteiger partial charge < -0.3 is 10.1 Å². The molecule has 0 saturated heterocycles. The van der Waals surface area contributed by atoms with Crippen LogP contribution in [0.5, 0.6) is 5.75 Å². The average Bonchev–Trinajstić information content (AvgIpc) is 3.24. The minimum Gasteiger partial charge on any atom is -0.496 e. The van der Waals surface area contributed by atoms with Crippen molar-refractivity contribution in [3.63, 3.8) is 0 Å². The summed E-state index contributed by atoms with van der Waals surface area (Å²) >= 11 is 4.92. The Hall–Kier alpha value is -2.25. The molecule has 156 valence electrons. The van der Waals surface area contributed by atoms with Crippen LogP contribution in [0, 0.1) is 0 Å². The highest BCUT2D eigenvalue weighted by atomic mass is 79.9. The van der Waals surface area contributed by atoms with Gasteiger partial charge in [0.15, 0.2) is 0 Å². The number of nitrogens with zero attached hydrogens (tertiary/aromatic N) is 1. The van der Waals surface area contributed by atoms with Gasteiger partial charge in [-0.25, -0.2) is 0 Å². The zero-order valence-corrected chi connectivity index (χ0v) is 19.1. The van der Waals surface area contributed by atoms with Gasteiger partial charge in [0.1, 0.15) is 12.3 Å². The lowest BCUT2D eigenvalue weighted by Crippen LogP contribution is -2.45. The summed E-state index contributed by atoms with van der Waals surface area (Å²) in [5, 5.41) is 3.08. The molecule has 2 aromatic carbocycles. The third-order valence-corrected chi connectivity index (χ3v) is 7.02. The number of benzene rings is 2. The summed E-state index contributed by atoms with van der Waals surface area (Å²) in [6.45, 7) is 0.0244. The first-order chi connectivity index (χ1) is 14.5. The number of nitrogens with one attached hydrogen (secondary N) is 1. The highest BCUT2D eigenvalue weighted by Crippen LogP contribution is 2.42. The predicted octanol–water partition coefficient (Wildman–Crippen LogP) is 5.00. The molecule has 2 aliphatic rings. The first-order valence-corrected chi connectivity index (χ1v) is 11.6. The van der Waals surface area contributed by atoms with Crippen molar-refractivity contribution in [1.29, 1.82) is 0 Å². The van der Waals surface area contributed by atoms with Gasteiger partial charge in [-0.2, -0.15) is 0 Å². The lowest BCUT2D eigenvalue weighted by Gasteiger charge is -2.30. The molecule has 2 aromatic rings. The highest BCUT2D eigenvalue weighted by Gasteiger charge is 2.31. The van der Waals surface area contributed by atoms with Gasteiger partial charge in [0.2, 0.25) is 5.91 Å². The van der Waals surface area contributed by atoms with Gasteiger partial charge in [-0.3, -0.25) is 14.5 Å². The van der Waals surface area contributed by atoms with Gasteiger partial charge in [-0.1, -0.05) is 42.8 Å². The van der Waals surface area contributed by atoms with Crippen molar-refractivity contribution in [1.82, 2.24) is 5.32 Å². The Morgan fingerprint density at radius 2 is 2.03 bits per heavy atom. The molecular formula is C23H23BrN2O3S. The zero-order chi connectivity index (χ0) is 21.1. The van der Waals surface area contributed by atoms with Crippen molar-refractivity contribution in [3.05, 3.63) is 57.4 Å². The van der Waals surface area contributed by atoms with Crippen LogP contribution in [0.4, 0.5) is 5.69 Å². The molecule has 0 aromatic heterocycles. The lowest BCUT2D eigenvalue weighted by atomic mass is 10.2. The fourth-order valence-electron chi connectivity index (χ4n) is 3.83. The molecule has 0 radical (unpaired) electrons. The van der Waals surface area contributed by atoms with Crippen LogP contribution in [0.25, 0.3) is 6.08 Å². The number of para-hydroxylation sites is 1. The van der Waals surface area contributed by atoms with Crippen LogP contribution in [0.1, 0.15) is 31.2 Å². The molecule has 0 unspecified atom stereocenters. The second kappa shape index (κ2) is 9.27. The molecule has 5 nitrogen and oxygen atoms in total. The van der Waals surface area contributed by atoms with Crippen molar-refractivity contribution >= 4 is 51.3 Å². The van der Waals surface area contributed by atoms with Gasteiger partial charge in [-0.15, -0.1) is 0 Å². The number of methoxy groups -OCH3 is 1. The molecular weight excluding hydrogens is 464 g/mol. The third kappa shape index (κ3) is 4.57. The van der Waals surface area contributed by atoms with Crippen molar-refractivity contribution in [2.45, 2.75) is 36.6 Å². The van der Waals surface area contributed by atoms with Crippen LogP contribution in [0.15, 0.2) is 56.7 Å². The molecule has 1 fully saturated rings. The van der Waals surface area contributed by atoms with Gasteiger partial charge >= 0.3 is 0 Å². The molecule has 0 atom stereocenters. The second-order valence-electron chi connectivity index (χ2n) is 7.41. The number of halogens is 1. The van der Waals surface area contributed by atoms with E-state index in [4.69, 9.17) is 4.74 Å². The van der Waals surface area contributed by atoms with Crippen LogP contribution < -0.4 is 15.0 Å². The largest absolute Gasteiger partial charge is 0.496 e. The Kier molecular flexibility index (Phi) is 6.49. The van der Waals surface area contributed by atoms with Crippen LogP contribution in [0.3, 0.4) is 0 Å². The smallest absolute Gasteiger partial charge is 0.265 e. The number of hydrogen-bond donors (Lipinski definition) is 1. The van der Waals surface area contributed by atoms with Crippen molar-refractivity contribution in [2.75, 3.05) is 18.6 Å². The van der Waals surface area contributed by atoms with Crippen molar-refractivity contribution in [2.24, 2.45) is 0 Å². The van der Waals surface area contributed by atoms with E-state index in [9.17, 15) is 9.59 Å². The van der Waals surface area contributed by atoms with Gasteiger partial charge in [0.25, 0.3) is 5.91 Å². The van der Waals surface area contributed by atoms with Crippen molar-refractivity contribution in [3.8, 4) is 5.75 Å². The monoisotopic (exact) mass is 486 g/mol. The Balaban J connectivity index is 1.60. The van der Waals surface area contributed by atoms with E-state index in [0.29, 0.717) is 4.91 Å². The minimum atomic E-state index is -0.160. The van der Waals surface area contributed by atoms with E-state index in [2.05, 4.69) is 21.2 Å². The quantitative estimate of drug-likeness (QED) is 0.604. The van der Waals surface area contributed by atoms with Crippen LogP contribution in [-0.4, -0.2) is 31.5 Å². The topological polar surface area (TPSA) is 58.6 Å². The molecule has 1 heterocycles. The van der Waals surface area contributed by atoms with E-state index < -0.39 is 0 Å². The number of ether oxygens (including phenoxy) is 1. The first-order valence-electron chi connectivity index (χ1n) is 9.98. The van der Waals surface area contributed by atoms with Gasteiger partial charge in [0, 0.05) is 10.9 Å². The number of rotatable bonds is 5. The van der Waals surface area contributed by atoms with E-state index in [1.165, 1.54) is 11.8 Å². The number of anilines is 1. The van der Waals surface area contributed by atoms with Gasteiger partial charge in [0.05, 0.1) is 22.2 Å². The van der Waals surface area contributed by atoms with E-state index in [1.54, 1.807) is 12.0 Å². The summed E-state index contributed by atoms with van der Waals surface area (Å²) in [4.78, 5) is 29.1. The lowest BCUT2D eigenvalue weighted by molar-refractivity contribution is -0.122. The number of carbonyl (C=O) groups excluding carboxylic acids is 2. The van der Waals surface area contributed by atoms with E-state index >= 15 is 0 Å². The summed E-state index contributed by atoms with van der Waals surface area (Å²) in [5.74, 6) is 0.464. The van der Waals surface area contributed by atoms with E-state index in [0.717, 1.165) is 52.1 Å². The Morgan fingerprint density at radius 1 is 1.27 bits per heavy atom. The molecule has 30 heavy (non-hydrogen) atoms. The number of thioether (sulfide) groups is 1. The molecule has 7 heteroatoms. The highest BCUT2D eigenvalue weighted by molar-refractivity contribution is 9.10. The molecule has 0 bridgehead atoms.